The van der Waals surface area contributed by atoms with Crippen LogP contribution in [-0.4, -0.2) is 24.9 Å². The van der Waals surface area contributed by atoms with E-state index >= 15 is 0 Å². The molecule has 1 fully saturated rings. The highest BCUT2D eigenvalue weighted by Gasteiger charge is 2.44. The lowest BCUT2D eigenvalue weighted by Crippen LogP contribution is -2.52. The van der Waals surface area contributed by atoms with Gasteiger partial charge in [-0.05, 0) is 30.0 Å². The van der Waals surface area contributed by atoms with Gasteiger partial charge in [-0.15, -0.1) is 0 Å². The molecule has 1 aliphatic carbocycles. The molecule has 148 valence electrons. The van der Waals surface area contributed by atoms with Gasteiger partial charge in [0.05, 0.1) is 7.11 Å². The van der Waals surface area contributed by atoms with E-state index in [1.807, 2.05) is 54.6 Å². The molecule has 1 saturated heterocycles. The average Bonchev–Trinajstić information content (AvgIpc) is 2.94. The SMILES string of the molecule is COC(=O)[C@@H]1N[C@H](c2ccc(Cl)cc2)[C@@H]2C=CC=C(C(=O)c3ccccc3)[C@H]1C2. The van der Waals surface area contributed by atoms with Crippen LogP contribution in [0.2, 0.25) is 5.02 Å². The topological polar surface area (TPSA) is 55.4 Å². The monoisotopic (exact) mass is 407 g/mol. The first-order chi connectivity index (χ1) is 14.1. The Bertz CT molecular complexity index is 965. The van der Waals surface area contributed by atoms with Gasteiger partial charge >= 0.3 is 5.97 Å². The number of nitrogens with one attached hydrogen (secondary N) is 1. The quantitative estimate of drug-likeness (QED) is 0.597. The van der Waals surface area contributed by atoms with Gasteiger partial charge in [-0.1, -0.05) is 72.3 Å². The molecule has 0 spiro atoms. The summed E-state index contributed by atoms with van der Waals surface area (Å²) in [5, 5.41) is 4.12. The maximum Gasteiger partial charge on any atom is 0.323 e. The van der Waals surface area contributed by atoms with E-state index in [2.05, 4.69) is 11.4 Å². The standard InChI is InChI=1S/C24H22ClNO3/c1-29-24(28)22-20-14-17(21(26-22)15-10-12-18(25)13-11-15)8-5-9-19(20)23(27)16-6-3-2-4-7-16/h2-13,17,20-22,26H,14H2,1H3/t17-,20-,21-,22-/m1/s1. The maximum atomic E-state index is 13.2. The number of carbonyl (C=O) groups excluding carboxylic acids is 2. The lowest BCUT2D eigenvalue weighted by Gasteiger charge is -2.40. The van der Waals surface area contributed by atoms with Gasteiger partial charge in [0.25, 0.3) is 0 Å². The number of ketones is 1. The zero-order valence-corrected chi connectivity index (χ0v) is 16.8. The van der Waals surface area contributed by atoms with E-state index in [-0.39, 0.29) is 29.6 Å². The molecule has 2 aromatic rings. The Morgan fingerprint density at radius 3 is 2.48 bits per heavy atom. The molecular formula is C24H22ClNO3. The van der Waals surface area contributed by atoms with Gasteiger partial charge in [-0.25, -0.2) is 0 Å². The highest BCUT2D eigenvalue weighted by Crippen LogP contribution is 2.41. The number of ether oxygens (including phenoxy) is 1. The van der Waals surface area contributed by atoms with Crippen molar-refractivity contribution in [2.24, 2.45) is 11.8 Å². The number of Topliss-reactive ketones (excluding diaryl/α,β-unsaturated/α-hetero) is 1. The van der Waals surface area contributed by atoms with Crippen LogP contribution in [0, 0.1) is 11.8 Å². The van der Waals surface area contributed by atoms with Gasteiger partial charge in [0.2, 0.25) is 0 Å². The van der Waals surface area contributed by atoms with Crippen LogP contribution in [0.25, 0.3) is 0 Å². The molecule has 4 nitrogen and oxygen atoms in total. The number of methoxy groups -OCH3 is 1. The second-order valence-corrected chi connectivity index (χ2v) is 7.84. The number of esters is 1. The molecule has 0 saturated carbocycles. The number of halogens is 1. The zero-order chi connectivity index (χ0) is 20.4. The third kappa shape index (κ3) is 3.91. The van der Waals surface area contributed by atoms with E-state index in [1.54, 1.807) is 12.1 Å². The first-order valence-corrected chi connectivity index (χ1v) is 10.0. The van der Waals surface area contributed by atoms with Crippen LogP contribution in [0.1, 0.15) is 28.4 Å². The van der Waals surface area contributed by atoms with Crippen molar-refractivity contribution in [1.29, 1.82) is 0 Å². The number of allylic oxidation sites excluding steroid dienone is 2. The third-order valence-corrected chi connectivity index (χ3v) is 5.98. The Kier molecular flexibility index (Phi) is 5.65. The van der Waals surface area contributed by atoms with E-state index in [0.717, 1.165) is 5.56 Å². The van der Waals surface area contributed by atoms with E-state index in [4.69, 9.17) is 16.3 Å². The summed E-state index contributed by atoms with van der Waals surface area (Å²) in [4.78, 5) is 25.9. The molecule has 2 aromatic carbocycles. The molecule has 0 radical (unpaired) electrons. The summed E-state index contributed by atoms with van der Waals surface area (Å²) >= 11 is 6.04. The number of piperidine rings is 1. The molecule has 0 unspecified atom stereocenters. The van der Waals surface area contributed by atoms with Crippen LogP contribution in [0.5, 0.6) is 0 Å². The molecule has 0 amide bonds. The molecule has 1 N–H and O–H groups in total. The largest absolute Gasteiger partial charge is 0.468 e. The molecule has 5 heteroatoms. The Labute approximate surface area is 175 Å². The minimum absolute atomic E-state index is 0.0541. The van der Waals surface area contributed by atoms with Gasteiger partial charge in [0.15, 0.2) is 5.78 Å². The van der Waals surface area contributed by atoms with Crippen LogP contribution in [0.15, 0.2) is 78.4 Å². The molecular weight excluding hydrogens is 386 g/mol. The van der Waals surface area contributed by atoms with Crippen molar-refractivity contribution in [3.63, 3.8) is 0 Å². The molecule has 2 aliphatic rings. The van der Waals surface area contributed by atoms with Crippen LogP contribution >= 0.6 is 11.6 Å². The Morgan fingerprint density at radius 2 is 1.79 bits per heavy atom. The minimum Gasteiger partial charge on any atom is -0.468 e. The van der Waals surface area contributed by atoms with Crippen LogP contribution in [0.3, 0.4) is 0 Å². The molecule has 2 bridgehead atoms. The fraction of sp³-hybridized carbons (Fsp3) is 0.250. The number of hydrogen-bond acceptors (Lipinski definition) is 4. The summed E-state index contributed by atoms with van der Waals surface area (Å²) in [6, 6.07) is 16.1. The van der Waals surface area contributed by atoms with Crippen molar-refractivity contribution in [3.05, 3.63) is 94.5 Å². The predicted octanol–water partition coefficient (Wildman–Crippen LogP) is 4.53. The third-order valence-electron chi connectivity index (χ3n) is 5.73. The second kappa shape index (κ2) is 8.36. The van der Waals surface area contributed by atoms with Crippen LogP contribution in [0.4, 0.5) is 0 Å². The van der Waals surface area contributed by atoms with Gasteiger partial charge in [0.1, 0.15) is 6.04 Å². The normalized spacial score (nSPS) is 25.7. The number of hydrogen-bond donors (Lipinski definition) is 1. The van der Waals surface area contributed by atoms with Gasteiger partial charge in [0, 0.05) is 28.1 Å². The van der Waals surface area contributed by atoms with E-state index < -0.39 is 6.04 Å². The van der Waals surface area contributed by atoms with E-state index in [9.17, 15) is 9.59 Å². The number of rotatable bonds is 4. The van der Waals surface area contributed by atoms with Crippen molar-refractivity contribution in [1.82, 2.24) is 5.32 Å². The Morgan fingerprint density at radius 1 is 1.07 bits per heavy atom. The number of carbonyl (C=O) groups is 2. The fourth-order valence-electron chi connectivity index (χ4n) is 4.29. The summed E-state index contributed by atoms with van der Waals surface area (Å²) in [6.07, 6.45) is 6.58. The van der Waals surface area contributed by atoms with Crippen molar-refractivity contribution < 1.29 is 14.3 Å². The second-order valence-electron chi connectivity index (χ2n) is 7.40. The lowest BCUT2D eigenvalue weighted by atomic mass is 9.74. The summed E-state index contributed by atoms with van der Waals surface area (Å²) in [5.74, 6) is -0.541. The summed E-state index contributed by atoms with van der Waals surface area (Å²) in [6.45, 7) is 0. The highest BCUT2D eigenvalue weighted by molar-refractivity contribution is 6.30. The summed E-state index contributed by atoms with van der Waals surface area (Å²) in [5.41, 5.74) is 2.30. The number of fused-ring (bicyclic) bond motifs is 2. The zero-order valence-electron chi connectivity index (χ0n) is 16.0. The Balaban J connectivity index is 1.69. The smallest absolute Gasteiger partial charge is 0.323 e. The Hall–Kier alpha value is -2.69. The van der Waals surface area contributed by atoms with Crippen LogP contribution in [-0.2, 0) is 9.53 Å². The van der Waals surface area contributed by atoms with Crippen molar-refractivity contribution in [2.75, 3.05) is 7.11 Å². The summed E-state index contributed by atoms with van der Waals surface area (Å²) < 4.78 is 5.08. The molecule has 1 aliphatic heterocycles. The molecule has 4 rings (SSSR count). The lowest BCUT2D eigenvalue weighted by molar-refractivity contribution is -0.145. The average molecular weight is 408 g/mol. The first-order valence-electron chi connectivity index (χ1n) is 9.66. The minimum atomic E-state index is -0.601. The fourth-order valence-corrected chi connectivity index (χ4v) is 4.42. The van der Waals surface area contributed by atoms with Crippen molar-refractivity contribution in [3.8, 4) is 0 Å². The molecule has 0 aromatic heterocycles. The van der Waals surface area contributed by atoms with Crippen molar-refractivity contribution >= 4 is 23.4 Å². The maximum absolute atomic E-state index is 13.2. The predicted molar refractivity (Wildman–Crippen MR) is 113 cm³/mol. The van der Waals surface area contributed by atoms with Crippen molar-refractivity contribution in [2.45, 2.75) is 18.5 Å². The molecule has 1 heterocycles. The van der Waals surface area contributed by atoms with Gasteiger partial charge in [-0.3, -0.25) is 14.9 Å². The van der Waals surface area contributed by atoms with Gasteiger partial charge in [-0.2, -0.15) is 0 Å². The summed E-state index contributed by atoms with van der Waals surface area (Å²) in [7, 11) is 1.38. The van der Waals surface area contributed by atoms with Gasteiger partial charge < -0.3 is 4.74 Å². The first kappa shape index (κ1) is 19.6. The molecule has 29 heavy (non-hydrogen) atoms. The number of benzene rings is 2. The molecule has 4 atom stereocenters. The highest BCUT2D eigenvalue weighted by atomic mass is 35.5. The van der Waals surface area contributed by atoms with Crippen LogP contribution < -0.4 is 5.32 Å². The van der Waals surface area contributed by atoms with E-state index in [1.165, 1.54) is 7.11 Å². The van der Waals surface area contributed by atoms with E-state index in [0.29, 0.717) is 22.6 Å².